The molecule has 2 aliphatic rings. The maximum absolute atomic E-state index is 12.8. The third-order valence-electron chi connectivity index (χ3n) is 5.72. The number of carbonyl (C=O) groups is 1. The van der Waals surface area contributed by atoms with Crippen LogP contribution in [0.5, 0.6) is 0 Å². The van der Waals surface area contributed by atoms with E-state index < -0.39 is 24.2 Å². The first kappa shape index (κ1) is 23.8. The van der Waals surface area contributed by atoms with Crippen LogP contribution in [0.15, 0.2) is 18.2 Å². The summed E-state index contributed by atoms with van der Waals surface area (Å²) >= 11 is 6.24. The lowest BCUT2D eigenvalue weighted by molar-refractivity contribution is -0.345. The molecule has 7 nitrogen and oxygen atoms in total. The number of nitrogens with zero attached hydrogens (tertiary/aromatic N) is 4. The Kier molecular flexibility index (Phi) is 6.34. The fourth-order valence-corrected chi connectivity index (χ4v) is 4.57. The van der Waals surface area contributed by atoms with E-state index in [-0.39, 0.29) is 31.8 Å². The van der Waals surface area contributed by atoms with Gasteiger partial charge in [-0.3, -0.25) is 14.2 Å². The van der Waals surface area contributed by atoms with Crippen molar-refractivity contribution in [3.8, 4) is 5.69 Å². The summed E-state index contributed by atoms with van der Waals surface area (Å²) in [6, 6.07) is 5.40. The number of alkyl halides is 3. The molecule has 1 aromatic heterocycles. The molecule has 0 N–H and O–H groups in total. The van der Waals surface area contributed by atoms with Crippen molar-refractivity contribution in [2.75, 3.05) is 0 Å². The number of rotatable bonds is 2. The largest absolute Gasteiger partial charge is 0.522 e. The number of hydrogen-bond donors (Lipinski definition) is 0. The van der Waals surface area contributed by atoms with Crippen LogP contribution in [0, 0.1) is 0 Å². The van der Waals surface area contributed by atoms with Gasteiger partial charge >= 0.3 is 12.5 Å². The van der Waals surface area contributed by atoms with Crippen LogP contribution in [-0.2, 0) is 22.6 Å². The third kappa shape index (κ3) is 5.60. The highest BCUT2D eigenvalue weighted by atomic mass is 35.5. The molecule has 2 heterocycles. The Bertz CT molecular complexity index is 1030. The van der Waals surface area contributed by atoms with Gasteiger partial charge in [0.2, 0.25) is 0 Å². The molecule has 2 aromatic rings. The lowest BCUT2D eigenvalue weighted by Gasteiger charge is -2.28. The van der Waals surface area contributed by atoms with Crippen molar-refractivity contribution in [1.29, 1.82) is 0 Å². The van der Waals surface area contributed by atoms with E-state index in [1.807, 2.05) is 10.6 Å². The van der Waals surface area contributed by atoms with Crippen LogP contribution in [0.25, 0.3) is 5.69 Å². The highest BCUT2D eigenvalue weighted by molar-refractivity contribution is 6.30. The summed E-state index contributed by atoms with van der Waals surface area (Å²) in [7, 11) is 0. The molecular formula is C22H26ClF3N4O3. The second-order valence-electron chi connectivity index (χ2n) is 9.46. The number of aromatic nitrogens is 3. The average molecular weight is 487 g/mol. The number of amides is 1. The monoisotopic (exact) mass is 486 g/mol. The minimum Gasteiger partial charge on any atom is -0.444 e. The number of hydrogen-bond acceptors (Lipinski definition) is 5. The van der Waals surface area contributed by atoms with Crippen LogP contribution in [0.3, 0.4) is 0 Å². The number of ether oxygens (including phenoxy) is 2. The van der Waals surface area contributed by atoms with Gasteiger partial charge in [-0.1, -0.05) is 11.6 Å². The van der Waals surface area contributed by atoms with Crippen molar-refractivity contribution in [3.63, 3.8) is 0 Å². The van der Waals surface area contributed by atoms with Crippen LogP contribution in [-0.4, -0.2) is 43.8 Å². The Labute approximate surface area is 194 Å². The smallest absolute Gasteiger partial charge is 0.444 e. The van der Waals surface area contributed by atoms with E-state index in [9.17, 15) is 18.0 Å². The summed E-state index contributed by atoms with van der Waals surface area (Å²) in [5, 5.41) is 9.26. The molecular weight excluding hydrogens is 461 g/mol. The summed E-state index contributed by atoms with van der Waals surface area (Å²) in [6.45, 7) is 5.85. The van der Waals surface area contributed by atoms with Crippen LogP contribution < -0.4 is 0 Å². The molecule has 0 unspecified atom stereocenters. The van der Waals surface area contributed by atoms with E-state index in [1.54, 1.807) is 37.8 Å². The van der Waals surface area contributed by atoms with Crippen LogP contribution >= 0.6 is 11.6 Å². The van der Waals surface area contributed by atoms with Gasteiger partial charge in [-0.25, -0.2) is 4.79 Å². The second kappa shape index (κ2) is 8.79. The molecule has 180 valence electrons. The summed E-state index contributed by atoms with van der Waals surface area (Å²) in [5.41, 5.74) is 0.952. The van der Waals surface area contributed by atoms with E-state index in [1.165, 1.54) is 0 Å². The van der Waals surface area contributed by atoms with Gasteiger partial charge in [0.15, 0.2) is 5.82 Å². The first-order chi connectivity index (χ1) is 15.4. The van der Waals surface area contributed by atoms with Crippen molar-refractivity contribution < 1.29 is 27.4 Å². The molecule has 1 fully saturated rings. The zero-order valence-electron chi connectivity index (χ0n) is 18.7. The zero-order chi connectivity index (χ0) is 24.0. The second-order valence-corrected chi connectivity index (χ2v) is 9.89. The van der Waals surface area contributed by atoms with Gasteiger partial charge in [0.05, 0.1) is 24.9 Å². The standard InChI is InChI=1S/C22H26ClF3N4O3/c1-21(2,3)33-20(31)29-11-14-10-15(23)6-9-17(14)30-18(12-29)27-28-19(30)13-4-7-16(8-5-13)32-22(24,25)26/h6,9-10,13,16H,4-5,7-8,11-12H2,1-3H3. The van der Waals surface area contributed by atoms with Crippen molar-refractivity contribution in [1.82, 2.24) is 19.7 Å². The van der Waals surface area contributed by atoms with Crippen molar-refractivity contribution >= 4 is 17.7 Å². The summed E-state index contributed by atoms with van der Waals surface area (Å²) < 4.78 is 49.4. The van der Waals surface area contributed by atoms with Crippen LogP contribution in [0.2, 0.25) is 5.02 Å². The molecule has 1 amide bonds. The number of halogens is 4. The number of benzene rings is 1. The Hall–Kier alpha value is -2.33. The average Bonchev–Trinajstić information content (AvgIpc) is 3.02. The molecule has 0 spiro atoms. The minimum absolute atomic E-state index is 0.0732. The van der Waals surface area contributed by atoms with Gasteiger partial charge in [-0.05, 0) is 70.2 Å². The van der Waals surface area contributed by atoms with Gasteiger partial charge in [-0.2, -0.15) is 0 Å². The number of fused-ring (bicyclic) bond motifs is 3. The zero-order valence-corrected chi connectivity index (χ0v) is 19.4. The summed E-state index contributed by atoms with van der Waals surface area (Å²) in [4.78, 5) is 14.4. The van der Waals surface area contributed by atoms with E-state index >= 15 is 0 Å². The molecule has 1 aliphatic carbocycles. The quantitative estimate of drug-likeness (QED) is 0.542. The summed E-state index contributed by atoms with van der Waals surface area (Å²) in [6.07, 6.45) is -4.40. The number of carbonyl (C=O) groups excluding carboxylic acids is 1. The SMILES string of the molecule is CC(C)(C)OC(=O)N1Cc2cc(Cl)ccc2-n2c(nnc2C2CCC(OC(F)(F)F)CC2)C1. The van der Waals surface area contributed by atoms with Crippen molar-refractivity contribution in [2.45, 2.75) is 83.5 Å². The van der Waals surface area contributed by atoms with Crippen molar-refractivity contribution in [2.24, 2.45) is 0 Å². The molecule has 1 aliphatic heterocycles. The minimum atomic E-state index is -4.63. The first-order valence-electron chi connectivity index (χ1n) is 10.8. The maximum Gasteiger partial charge on any atom is 0.522 e. The van der Waals surface area contributed by atoms with Crippen LogP contribution in [0.1, 0.15) is 69.6 Å². The normalized spacial score (nSPS) is 21.2. The lowest BCUT2D eigenvalue weighted by atomic mass is 9.86. The topological polar surface area (TPSA) is 69.5 Å². The molecule has 1 aromatic carbocycles. The highest BCUT2D eigenvalue weighted by Gasteiger charge is 2.37. The molecule has 11 heteroatoms. The van der Waals surface area contributed by atoms with E-state index in [4.69, 9.17) is 16.3 Å². The van der Waals surface area contributed by atoms with E-state index in [2.05, 4.69) is 14.9 Å². The Balaban J connectivity index is 1.63. The van der Waals surface area contributed by atoms with E-state index in [0.29, 0.717) is 29.5 Å². The highest BCUT2D eigenvalue weighted by Crippen LogP contribution is 2.38. The molecule has 0 bridgehead atoms. The van der Waals surface area contributed by atoms with E-state index in [0.717, 1.165) is 11.3 Å². The van der Waals surface area contributed by atoms with Gasteiger partial charge in [-0.15, -0.1) is 23.4 Å². The molecule has 0 atom stereocenters. The van der Waals surface area contributed by atoms with Gasteiger partial charge in [0.25, 0.3) is 0 Å². The Morgan fingerprint density at radius 1 is 1.09 bits per heavy atom. The summed E-state index contributed by atoms with van der Waals surface area (Å²) in [5.74, 6) is 1.16. The predicted octanol–water partition coefficient (Wildman–Crippen LogP) is 5.73. The van der Waals surface area contributed by atoms with Crippen molar-refractivity contribution in [3.05, 3.63) is 40.4 Å². The molecule has 33 heavy (non-hydrogen) atoms. The first-order valence-corrected chi connectivity index (χ1v) is 11.2. The third-order valence-corrected chi connectivity index (χ3v) is 5.96. The maximum atomic E-state index is 12.8. The fourth-order valence-electron chi connectivity index (χ4n) is 4.37. The molecule has 1 saturated carbocycles. The van der Waals surface area contributed by atoms with Gasteiger partial charge < -0.3 is 4.74 Å². The Morgan fingerprint density at radius 3 is 2.42 bits per heavy atom. The van der Waals surface area contributed by atoms with Gasteiger partial charge in [0, 0.05) is 10.9 Å². The fraction of sp³-hybridized carbons (Fsp3) is 0.591. The predicted molar refractivity (Wildman–Crippen MR) is 114 cm³/mol. The lowest BCUT2D eigenvalue weighted by Crippen LogP contribution is -2.35. The molecule has 4 rings (SSSR count). The Morgan fingerprint density at radius 2 is 1.79 bits per heavy atom. The van der Waals surface area contributed by atoms with Crippen LogP contribution in [0.4, 0.5) is 18.0 Å². The van der Waals surface area contributed by atoms with Gasteiger partial charge in [0.1, 0.15) is 11.4 Å². The molecule has 0 radical (unpaired) electrons. The molecule has 0 saturated heterocycles.